The summed E-state index contributed by atoms with van der Waals surface area (Å²) < 4.78 is 10.6. The van der Waals surface area contributed by atoms with E-state index in [0.29, 0.717) is 23.7 Å². The van der Waals surface area contributed by atoms with Gasteiger partial charge in [0.2, 0.25) is 11.8 Å². The van der Waals surface area contributed by atoms with Crippen molar-refractivity contribution in [1.82, 2.24) is 4.90 Å². The second kappa shape index (κ2) is 8.33. The van der Waals surface area contributed by atoms with E-state index >= 15 is 0 Å². The van der Waals surface area contributed by atoms with Crippen LogP contribution < -0.4 is 14.8 Å². The first-order valence-corrected chi connectivity index (χ1v) is 9.32. The molecule has 0 radical (unpaired) electrons. The van der Waals surface area contributed by atoms with Gasteiger partial charge < -0.3 is 19.7 Å². The highest BCUT2D eigenvalue weighted by Gasteiger charge is 2.37. The molecule has 0 unspecified atom stereocenters. The summed E-state index contributed by atoms with van der Waals surface area (Å²) in [7, 11) is 3.12. The number of methoxy groups -OCH3 is 2. The van der Waals surface area contributed by atoms with Crippen LogP contribution in [-0.4, -0.2) is 37.5 Å². The van der Waals surface area contributed by atoms with Gasteiger partial charge in [0.1, 0.15) is 0 Å². The molecule has 1 aliphatic rings. The van der Waals surface area contributed by atoms with Gasteiger partial charge in [0.05, 0.1) is 26.2 Å². The Balaban J connectivity index is 1.72. The summed E-state index contributed by atoms with van der Waals surface area (Å²) in [5.74, 6) is 0.611. The number of aryl methyl sites for hydroxylation is 1. The molecule has 1 fully saturated rings. The lowest BCUT2D eigenvalue weighted by Gasteiger charge is -2.25. The number of anilines is 1. The second-order valence-electron chi connectivity index (χ2n) is 7.05. The van der Waals surface area contributed by atoms with Crippen LogP contribution in [0.4, 0.5) is 5.69 Å². The van der Waals surface area contributed by atoms with Gasteiger partial charge >= 0.3 is 0 Å². The lowest BCUT2D eigenvalue weighted by Crippen LogP contribution is -2.30. The van der Waals surface area contributed by atoms with E-state index in [1.165, 1.54) is 0 Å². The number of carbonyl (C=O) groups is 2. The fraction of sp³-hybridized carbons (Fsp3) is 0.364. The number of carbonyl (C=O) groups excluding carboxylic acids is 2. The van der Waals surface area contributed by atoms with Crippen molar-refractivity contribution < 1.29 is 19.1 Å². The van der Waals surface area contributed by atoms with Crippen molar-refractivity contribution in [2.24, 2.45) is 5.92 Å². The van der Waals surface area contributed by atoms with Crippen molar-refractivity contribution in [2.75, 3.05) is 26.1 Å². The van der Waals surface area contributed by atoms with E-state index < -0.39 is 0 Å². The van der Waals surface area contributed by atoms with Crippen molar-refractivity contribution in [2.45, 2.75) is 26.3 Å². The Bertz CT molecular complexity index is 866. The number of benzene rings is 2. The molecule has 0 bridgehead atoms. The van der Waals surface area contributed by atoms with Gasteiger partial charge in [-0.3, -0.25) is 9.59 Å². The molecule has 0 aliphatic carbocycles. The lowest BCUT2D eigenvalue weighted by molar-refractivity contribution is -0.129. The van der Waals surface area contributed by atoms with Crippen molar-refractivity contribution >= 4 is 17.5 Å². The SMILES string of the molecule is COc1cc(C)c(NC(=O)[C@H]2CC(=O)N([C@H](C)c3ccccc3)C2)cc1OC. The first-order valence-electron chi connectivity index (χ1n) is 9.32. The first-order chi connectivity index (χ1) is 13.4. The third kappa shape index (κ3) is 3.96. The lowest BCUT2D eigenvalue weighted by atomic mass is 10.1. The van der Waals surface area contributed by atoms with Gasteiger partial charge in [-0.05, 0) is 31.0 Å². The van der Waals surface area contributed by atoms with E-state index in [0.717, 1.165) is 11.1 Å². The molecule has 148 valence electrons. The van der Waals surface area contributed by atoms with Crippen molar-refractivity contribution in [3.8, 4) is 11.5 Å². The summed E-state index contributed by atoms with van der Waals surface area (Å²) >= 11 is 0. The monoisotopic (exact) mass is 382 g/mol. The molecule has 0 aromatic heterocycles. The standard InChI is InChI=1S/C22H26N2O4/c1-14-10-19(27-3)20(28-4)12-18(14)23-22(26)17-11-21(25)24(13-17)15(2)16-8-6-5-7-9-16/h5-10,12,15,17H,11,13H2,1-4H3,(H,23,26)/t15-,17+/m1/s1. The zero-order chi connectivity index (χ0) is 20.3. The molecule has 1 aliphatic heterocycles. The van der Waals surface area contributed by atoms with Crippen LogP contribution >= 0.6 is 0 Å². The summed E-state index contributed by atoms with van der Waals surface area (Å²) in [6.45, 7) is 4.29. The van der Waals surface area contributed by atoms with Crippen molar-refractivity contribution in [3.63, 3.8) is 0 Å². The third-order valence-corrected chi connectivity index (χ3v) is 5.27. The van der Waals surface area contributed by atoms with E-state index in [9.17, 15) is 9.59 Å². The number of nitrogens with one attached hydrogen (secondary N) is 1. The highest BCUT2D eigenvalue weighted by molar-refractivity contribution is 5.98. The maximum Gasteiger partial charge on any atom is 0.229 e. The normalized spacial score (nSPS) is 17.4. The van der Waals surface area contributed by atoms with E-state index in [2.05, 4.69) is 5.32 Å². The Morgan fingerprint density at radius 2 is 1.79 bits per heavy atom. The van der Waals surface area contributed by atoms with E-state index in [-0.39, 0.29) is 30.2 Å². The van der Waals surface area contributed by atoms with Crippen LogP contribution in [0.3, 0.4) is 0 Å². The molecule has 2 aromatic rings. The molecule has 1 heterocycles. The number of nitrogens with zero attached hydrogens (tertiary/aromatic N) is 1. The van der Waals surface area contributed by atoms with Crippen LogP contribution in [0, 0.1) is 12.8 Å². The summed E-state index contributed by atoms with van der Waals surface area (Å²) in [5.41, 5.74) is 2.59. The van der Waals surface area contributed by atoms with Gasteiger partial charge in [-0.2, -0.15) is 0 Å². The molecular formula is C22H26N2O4. The molecule has 6 nitrogen and oxygen atoms in total. The number of hydrogen-bond donors (Lipinski definition) is 1. The summed E-state index contributed by atoms with van der Waals surface area (Å²) in [6.07, 6.45) is 0.218. The molecule has 6 heteroatoms. The van der Waals surface area contributed by atoms with E-state index in [1.807, 2.05) is 50.2 Å². The Morgan fingerprint density at radius 1 is 1.14 bits per heavy atom. The number of amides is 2. The van der Waals surface area contributed by atoms with Crippen LogP contribution in [0.25, 0.3) is 0 Å². The van der Waals surface area contributed by atoms with Gasteiger partial charge in [-0.1, -0.05) is 30.3 Å². The highest BCUT2D eigenvalue weighted by Crippen LogP contribution is 2.34. The molecule has 1 saturated heterocycles. The van der Waals surface area contributed by atoms with Crippen LogP contribution in [-0.2, 0) is 9.59 Å². The molecule has 0 saturated carbocycles. The first kappa shape index (κ1) is 19.7. The Kier molecular flexibility index (Phi) is 5.87. The van der Waals surface area contributed by atoms with Gasteiger partial charge in [-0.15, -0.1) is 0 Å². The number of ether oxygens (including phenoxy) is 2. The Morgan fingerprint density at radius 3 is 2.43 bits per heavy atom. The maximum absolute atomic E-state index is 12.8. The van der Waals surface area contributed by atoms with Gasteiger partial charge in [0.25, 0.3) is 0 Å². The second-order valence-corrected chi connectivity index (χ2v) is 7.05. The van der Waals surface area contributed by atoms with Crippen molar-refractivity contribution in [3.05, 3.63) is 53.6 Å². The van der Waals surface area contributed by atoms with Gasteiger partial charge in [0.15, 0.2) is 11.5 Å². The largest absolute Gasteiger partial charge is 0.493 e. The van der Waals surface area contributed by atoms with Crippen molar-refractivity contribution in [1.29, 1.82) is 0 Å². The molecule has 28 heavy (non-hydrogen) atoms. The molecule has 2 amide bonds. The van der Waals surface area contributed by atoms with E-state index in [1.54, 1.807) is 25.2 Å². The topological polar surface area (TPSA) is 67.9 Å². The summed E-state index contributed by atoms with van der Waals surface area (Å²) in [4.78, 5) is 27.1. The Labute approximate surface area is 165 Å². The van der Waals surface area contributed by atoms with Crippen LogP contribution in [0.15, 0.2) is 42.5 Å². The van der Waals surface area contributed by atoms with Gasteiger partial charge in [-0.25, -0.2) is 0 Å². The predicted octanol–water partition coefficient (Wildman–Crippen LogP) is 3.56. The molecule has 1 N–H and O–H groups in total. The molecule has 2 atom stereocenters. The number of likely N-dealkylation sites (tertiary alicyclic amines) is 1. The van der Waals surface area contributed by atoms with E-state index in [4.69, 9.17) is 9.47 Å². The average Bonchev–Trinajstić information content (AvgIpc) is 3.11. The summed E-state index contributed by atoms with van der Waals surface area (Å²) in [5, 5.41) is 2.94. The minimum Gasteiger partial charge on any atom is -0.493 e. The molecule has 0 spiro atoms. The zero-order valence-corrected chi connectivity index (χ0v) is 16.7. The van der Waals surface area contributed by atoms with Gasteiger partial charge in [0, 0.05) is 24.7 Å². The Hall–Kier alpha value is -3.02. The number of hydrogen-bond acceptors (Lipinski definition) is 4. The minimum absolute atomic E-state index is 0.000497. The average molecular weight is 382 g/mol. The maximum atomic E-state index is 12.8. The smallest absolute Gasteiger partial charge is 0.229 e. The molecular weight excluding hydrogens is 356 g/mol. The third-order valence-electron chi connectivity index (χ3n) is 5.27. The number of rotatable bonds is 6. The van der Waals surface area contributed by atoms with Crippen LogP contribution in [0.2, 0.25) is 0 Å². The zero-order valence-electron chi connectivity index (χ0n) is 16.7. The van der Waals surface area contributed by atoms with Crippen LogP contribution in [0.1, 0.15) is 30.5 Å². The minimum atomic E-state index is -0.383. The van der Waals surface area contributed by atoms with Crippen LogP contribution in [0.5, 0.6) is 11.5 Å². The summed E-state index contributed by atoms with van der Waals surface area (Å²) in [6, 6.07) is 13.4. The highest BCUT2D eigenvalue weighted by atomic mass is 16.5. The molecule has 3 rings (SSSR count). The quantitative estimate of drug-likeness (QED) is 0.829. The predicted molar refractivity (Wildman–Crippen MR) is 108 cm³/mol. The fourth-order valence-corrected chi connectivity index (χ4v) is 3.54. The fourth-order valence-electron chi connectivity index (χ4n) is 3.54. The molecule has 2 aromatic carbocycles.